The highest BCUT2D eigenvalue weighted by Crippen LogP contribution is 2.16. The maximum Gasteiger partial charge on any atom is 0.322 e. The van der Waals surface area contributed by atoms with Crippen LogP contribution < -0.4 is 5.32 Å². The van der Waals surface area contributed by atoms with Crippen LogP contribution in [0.4, 0.5) is 10.5 Å². The maximum atomic E-state index is 13.3. The second-order valence-corrected chi connectivity index (χ2v) is 8.15. The molecule has 0 spiro atoms. The van der Waals surface area contributed by atoms with Crippen molar-refractivity contribution in [1.82, 2.24) is 9.80 Å². The second-order valence-electron chi connectivity index (χ2n) is 8.15. The van der Waals surface area contributed by atoms with Crippen LogP contribution in [0.15, 0.2) is 77.7 Å². The fraction of sp³-hybridized carbons (Fsp3) is 0.259. The van der Waals surface area contributed by atoms with Crippen molar-refractivity contribution in [3.63, 3.8) is 0 Å². The minimum Gasteiger partial charge on any atom is -0.464 e. The Hall–Kier alpha value is -3.80. The average molecular weight is 446 g/mol. The molecule has 0 fully saturated rings. The second kappa shape index (κ2) is 11.2. The third-order valence-electron chi connectivity index (χ3n) is 5.43. The summed E-state index contributed by atoms with van der Waals surface area (Å²) in [6.45, 7) is 10.5. The van der Waals surface area contributed by atoms with Crippen molar-refractivity contribution in [2.75, 3.05) is 18.4 Å². The number of amides is 3. The summed E-state index contributed by atoms with van der Waals surface area (Å²) >= 11 is 0. The van der Waals surface area contributed by atoms with E-state index in [0.717, 1.165) is 22.5 Å². The normalized spacial score (nSPS) is 10.5. The van der Waals surface area contributed by atoms with Crippen LogP contribution in [-0.4, -0.2) is 34.8 Å². The zero-order valence-electron chi connectivity index (χ0n) is 19.5. The van der Waals surface area contributed by atoms with E-state index in [-0.39, 0.29) is 25.0 Å². The number of nitrogens with one attached hydrogen (secondary N) is 1. The van der Waals surface area contributed by atoms with Gasteiger partial charge in [-0.05, 0) is 61.7 Å². The van der Waals surface area contributed by atoms with Gasteiger partial charge in [-0.3, -0.25) is 4.79 Å². The van der Waals surface area contributed by atoms with Gasteiger partial charge in [0.05, 0.1) is 6.54 Å². The minimum absolute atomic E-state index is 0.0742. The van der Waals surface area contributed by atoms with Crippen LogP contribution in [-0.2, 0) is 17.9 Å². The maximum absolute atomic E-state index is 13.3. The van der Waals surface area contributed by atoms with Gasteiger partial charge in [0, 0.05) is 18.8 Å². The van der Waals surface area contributed by atoms with Crippen LogP contribution in [0.5, 0.6) is 0 Å². The predicted molar refractivity (Wildman–Crippen MR) is 131 cm³/mol. The van der Waals surface area contributed by atoms with Crippen LogP contribution >= 0.6 is 0 Å². The van der Waals surface area contributed by atoms with E-state index >= 15 is 0 Å². The van der Waals surface area contributed by atoms with Crippen molar-refractivity contribution in [2.45, 2.75) is 33.9 Å². The molecule has 1 heterocycles. The van der Waals surface area contributed by atoms with Crippen molar-refractivity contribution in [2.24, 2.45) is 0 Å². The molecule has 0 unspecified atom stereocenters. The highest BCUT2D eigenvalue weighted by molar-refractivity contribution is 5.92. The van der Waals surface area contributed by atoms with E-state index < -0.39 is 0 Å². The van der Waals surface area contributed by atoms with E-state index in [4.69, 9.17) is 4.42 Å². The van der Waals surface area contributed by atoms with Crippen molar-refractivity contribution in [3.05, 3.63) is 102 Å². The van der Waals surface area contributed by atoms with E-state index in [1.807, 2.05) is 81.4 Å². The molecule has 0 aliphatic carbocycles. The van der Waals surface area contributed by atoms with Gasteiger partial charge in [0.2, 0.25) is 5.91 Å². The molecule has 3 amide bonds. The topological polar surface area (TPSA) is 65.8 Å². The lowest BCUT2D eigenvalue weighted by Crippen LogP contribution is -2.44. The van der Waals surface area contributed by atoms with Crippen LogP contribution in [0.25, 0.3) is 0 Å². The number of aryl methyl sites for hydroxylation is 3. The van der Waals surface area contributed by atoms with Crippen LogP contribution in [0.1, 0.15) is 28.2 Å². The molecule has 3 aromatic rings. The lowest BCUT2D eigenvalue weighted by Gasteiger charge is -2.27. The number of anilines is 1. The average Bonchev–Trinajstić information content (AvgIpc) is 3.20. The molecule has 33 heavy (non-hydrogen) atoms. The van der Waals surface area contributed by atoms with Crippen molar-refractivity contribution < 1.29 is 14.0 Å². The van der Waals surface area contributed by atoms with E-state index in [2.05, 4.69) is 11.9 Å². The molecule has 6 heteroatoms. The first-order chi connectivity index (χ1) is 15.9. The molecule has 172 valence electrons. The molecule has 1 N–H and O–H groups in total. The Morgan fingerprint density at radius 2 is 1.70 bits per heavy atom. The third kappa shape index (κ3) is 6.84. The zero-order chi connectivity index (χ0) is 23.8. The van der Waals surface area contributed by atoms with Crippen LogP contribution in [0.3, 0.4) is 0 Å². The van der Waals surface area contributed by atoms with Gasteiger partial charge in [-0.25, -0.2) is 4.79 Å². The Morgan fingerprint density at radius 1 is 0.939 bits per heavy atom. The fourth-order valence-electron chi connectivity index (χ4n) is 3.45. The fourth-order valence-corrected chi connectivity index (χ4v) is 3.45. The molecule has 2 aromatic carbocycles. The number of furan rings is 1. The molecule has 0 bridgehead atoms. The zero-order valence-corrected chi connectivity index (χ0v) is 19.5. The van der Waals surface area contributed by atoms with Gasteiger partial charge < -0.3 is 19.5 Å². The first-order valence-corrected chi connectivity index (χ1v) is 11.0. The first kappa shape index (κ1) is 23.9. The Kier molecular flexibility index (Phi) is 8.08. The summed E-state index contributed by atoms with van der Waals surface area (Å²) in [5.41, 5.74) is 3.93. The van der Waals surface area contributed by atoms with Crippen LogP contribution in [0, 0.1) is 20.8 Å². The molecule has 0 saturated heterocycles. The number of hydrogen-bond donors (Lipinski definition) is 1. The van der Waals surface area contributed by atoms with E-state index in [9.17, 15) is 9.59 Å². The Labute approximate surface area is 195 Å². The summed E-state index contributed by atoms with van der Waals surface area (Å²) in [6.07, 6.45) is 1.62. The molecular weight excluding hydrogens is 414 g/mol. The van der Waals surface area contributed by atoms with E-state index in [1.165, 1.54) is 4.90 Å². The highest BCUT2D eigenvalue weighted by atomic mass is 16.3. The third-order valence-corrected chi connectivity index (χ3v) is 5.43. The van der Waals surface area contributed by atoms with Crippen molar-refractivity contribution in [1.29, 1.82) is 0 Å². The van der Waals surface area contributed by atoms with Crippen molar-refractivity contribution in [3.8, 4) is 0 Å². The summed E-state index contributed by atoms with van der Waals surface area (Å²) in [5, 5.41) is 2.89. The molecule has 3 rings (SSSR count). The van der Waals surface area contributed by atoms with Gasteiger partial charge in [-0.2, -0.15) is 0 Å². The summed E-state index contributed by atoms with van der Waals surface area (Å²) in [4.78, 5) is 29.4. The first-order valence-electron chi connectivity index (χ1n) is 11.0. The molecule has 0 saturated carbocycles. The Balaban J connectivity index is 1.74. The molecule has 6 nitrogen and oxygen atoms in total. The molecule has 0 aliphatic heterocycles. The van der Waals surface area contributed by atoms with Gasteiger partial charge in [0.1, 0.15) is 18.1 Å². The van der Waals surface area contributed by atoms with E-state index in [1.54, 1.807) is 11.0 Å². The van der Waals surface area contributed by atoms with Crippen molar-refractivity contribution >= 4 is 17.6 Å². The summed E-state index contributed by atoms with van der Waals surface area (Å²) < 4.78 is 5.70. The Morgan fingerprint density at radius 3 is 2.33 bits per heavy atom. The van der Waals surface area contributed by atoms with Gasteiger partial charge >= 0.3 is 6.03 Å². The number of carbonyl (C=O) groups is 2. The molecule has 0 aliphatic rings. The number of rotatable bonds is 9. The number of carbonyl (C=O) groups excluding carboxylic acids is 2. The lowest BCUT2D eigenvalue weighted by molar-refractivity contribution is -0.133. The lowest BCUT2D eigenvalue weighted by atomic mass is 10.1. The number of nitrogens with zero attached hydrogens (tertiary/aromatic N) is 2. The molecular formula is C27H31N3O3. The van der Waals surface area contributed by atoms with Crippen LogP contribution in [0.2, 0.25) is 0 Å². The summed E-state index contributed by atoms with van der Waals surface area (Å²) in [5.74, 6) is 1.31. The summed E-state index contributed by atoms with van der Waals surface area (Å²) in [6, 6.07) is 18.9. The highest BCUT2D eigenvalue weighted by Gasteiger charge is 2.22. The number of hydrogen-bond acceptors (Lipinski definition) is 3. The Bertz CT molecular complexity index is 1100. The molecule has 1 aromatic heterocycles. The largest absolute Gasteiger partial charge is 0.464 e. The van der Waals surface area contributed by atoms with E-state index in [0.29, 0.717) is 24.5 Å². The number of urea groups is 1. The number of benzene rings is 2. The SMILES string of the molecule is C=CCN(CC(=O)N(Cc1ccccc1)Cc1ccc(C)o1)C(=O)Nc1ccc(C)c(C)c1. The van der Waals surface area contributed by atoms with Gasteiger partial charge in [0.15, 0.2) is 0 Å². The van der Waals surface area contributed by atoms with Gasteiger partial charge in [-0.15, -0.1) is 6.58 Å². The van der Waals surface area contributed by atoms with Gasteiger partial charge in [-0.1, -0.05) is 42.5 Å². The predicted octanol–water partition coefficient (Wildman–Crippen LogP) is 5.45. The molecule has 0 atom stereocenters. The monoisotopic (exact) mass is 445 g/mol. The summed E-state index contributed by atoms with van der Waals surface area (Å²) in [7, 11) is 0. The minimum atomic E-state index is -0.347. The molecule has 0 radical (unpaired) electrons. The smallest absolute Gasteiger partial charge is 0.322 e. The quantitative estimate of drug-likeness (QED) is 0.445. The standard InChI is InChI=1S/C27H31N3O3/c1-5-15-29(27(32)28-24-13-11-20(2)21(3)16-24)19-26(31)30(17-23-9-7-6-8-10-23)18-25-14-12-22(4)33-25/h5-14,16H,1,15,17-19H2,2-4H3,(H,28,32). The van der Waals surface area contributed by atoms with Gasteiger partial charge in [0.25, 0.3) is 0 Å².